The summed E-state index contributed by atoms with van der Waals surface area (Å²) in [7, 11) is 2.98. The number of para-hydroxylation sites is 1. The molecule has 5 aromatic carbocycles. The molecule has 0 spiro atoms. The monoisotopic (exact) mass is 711 g/mol. The predicted octanol–water partition coefficient (Wildman–Crippen LogP) is 7.01. The Morgan fingerprint density at radius 3 is 2.12 bits per heavy atom. The van der Waals surface area contributed by atoms with Crippen LogP contribution in [0.1, 0.15) is 54.7 Å². The summed E-state index contributed by atoms with van der Waals surface area (Å²) in [5, 5.41) is 7.76. The molecule has 0 aliphatic heterocycles. The summed E-state index contributed by atoms with van der Waals surface area (Å²) in [6.07, 6.45) is 1.50. The van der Waals surface area contributed by atoms with Gasteiger partial charge in [-0.3, -0.25) is 24.0 Å². The average Bonchev–Trinajstić information content (AvgIpc) is 3.16. The van der Waals surface area contributed by atoms with Crippen LogP contribution in [-0.4, -0.2) is 48.8 Å². The molecule has 0 aromatic heterocycles. The lowest BCUT2D eigenvalue weighted by atomic mass is 9.83. The Balaban J connectivity index is 1.19. The number of hydrogen-bond donors (Lipinski definition) is 3. The number of methoxy groups -OCH3 is 2. The third-order valence-electron chi connectivity index (χ3n) is 8.25. The predicted molar refractivity (Wildman–Crippen MR) is 200 cm³/mol. The molecule has 5 aromatic rings. The van der Waals surface area contributed by atoms with Crippen molar-refractivity contribution in [3.05, 3.63) is 154 Å². The van der Waals surface area contributed by atoms with Crippen LogP contribution in [0, 0.1) is 0 Å². The number of anilines is 2. The molecule has 3 N–H and O–H groups in total. The summed E-state index contributed by atoms with van der Waals surface area (Å²) in [6.45, 7) is 1.71. The molecule has 1 unspecified atom stereocenters. The molecule has 11 heteroatoms. The fourth-order valence-corrected chi connectivity index (χ4v) is 6.64. The highest BCUT2D eigenvalue weighted by Gasteiger charge is 2.32. The number of ether oxygens (including phenoxy) is 2. The van der Waals surface area contributed by atoms with E-state index in [9.17, 15) is 24.0 Å². The van der Waals surface area contributed by atoms with Gasteiger partial charge in [0.15, 0.2) is 23.1 Å². The van der Waals surface area contributed by atoms with Crippen molar-refractivity contribution < 1.29 is 33.4 Å². The molecule has 10 nitrogen and oxygen atoms in total. The van der Waals surface area contributed by atoms with Gasteiger partial charge in [-0.25, -0.2) is 0 Å². The Hall–Kier alpha value is -6.46. The van der Waals surface area contributed by atoms with Gasteiger partial charge in [0, 0.05) is 38.4 Å². The van der Waals surface area contributed by atoms with Gasteiger partial charge in [-0.1, -0.05) is 72.8 Å². The molecule has 6 rings (SSSR count). The lowest BCUT2D eigenvalue weighted by Gasteiger charge is -2.21. The summed E-state index contributed by atoms with van der Waals surface area (Å²) in [4.78, 5) is 67.5. The van der Waals surface area contributed by atoms with Crippen molar-refractivity contribution in [2.24, 2.45) is 0 Å². The zero-order chi connectivity index (χ0) is 36.8. The highest BCUT2D eigenvalue weighted by molar-refractivity contribution is 8.00. The molecule has 0 radical (unpaired) electrons. The summed E-state index contributed by atoms with van der Waals surface area (Å²) < 4.78 is 10.9. The van der Waals surface area contributed by atoms with E-state index < -0.39 is 17.1 Å². The van der Waals surface area contributed by atoms with Crippen LogP contribution in [0.15, 0.2) is 126 Å². The quantitative estimate of drug-likeness (QED) is 0.0964. The largest absolute Gasteiger partial charge is 0.493 e. The second-order valence-corrected chi connectivity index (χ2v) is 13.0. The molecule has 260 valence electrons. The number of amides is 3. The summed E-state index contributed by atoms with van der Waals surface area (Å²) in [5.74, 6) is -1.24. The van der Waals surface area contributed by atoms with Crippen molar-refractivity contribution >= 4 is 58.5 Å². The Kier molecular flexibility index (Phi) is 10.6. The normalized spacial score (nSPS) is 12.6. The van der Waals surface area contributed by atoms with Gasteiger partial charge in [-0.2, -0.15) is 0 Å². The fourth-order valence-electron chi connectivity index (χ4n) is 5.71. The van der Waals surface area contributed by atoms with Crippen LogP contribution < -0.4 is 25.4 Å². The molecule has 1 aliphatic rings. The molecule has 1 atom stereocenters. The van der Waals surface area contributed by atoms with Crippen LogP contribution in [0.25, 0.3) is 6.08 Å². The Morgan fingerprint density at radius 1 is 0.712 bits per heavy atom. The van der Waals surface area contributed by atoms with Crippen molar-refractivity contribution in [3.63, 3.8) is 0 Å². The molecule has 0 saturated heterocycles. The first-order valence-corrected chi connectivity index (χ1v) is 17.1. The molecule has 0 bridgehead atoms. The van der Waals surface area contributed by atoms with Crippen LogP contribution in [0.5, 0.6) is 11.5 Å². The topological polar surface area (TPSA) is 140 Å². The minimum Gasteiger partial charge on any atom is -0.493 e. The van der Waals surface area contributed by atoms with Crippen LogP contribution in [0.2, 0.25) is 0 Å². The zero-order valence-electron chi connectivity index (χ0n) is 28.4. The van der Waals surface area contributed by atoms with Crippen LogP contribution in [-0.2, 0) is 9.59 Å². The zero-order valence-corrected chi connectivity index (χ0v) is 29.2. The van der Waals surface area contributed by atoms with Crippen molar-refractivity contribution in [1.29, 1.82) is 0 Å². The first kappa shape index (κ1) is 35.4. The van der Waals surface area contributed by atoms with E-state index in [4.69, 9.17) is 9.47 Å². The Bertz CT molecular complexity index is 2250. The molecular weight excluding hydrogens is 679 g/mol. The van der Waals surface area contributed by atoms with Crippen LogP contribution >= 0.6 is 11.8 Å². The number of nitrogens with one attached hydrogen (secondary N) is 3. The first-order chi connectivity index (χ1) is 25.2. The van der Waals surface area contributed by atoms with Gasteiger partial charge in [0.1, 0.15) is 5.70 Å². The number of carbonyl (C=O) groups is 5. The molecule has 52 heavy (non-hydrogen) atoms. The van der Waals surface area contributed by atoms with E-state index in [1.54, 1.807) is 122 Å². The number of thioether (sulfide) groups is 1. The average molecular weight is 712 g/mol. The SMILES string of the molecule is COc1cccc(/C=C(/NC(=O)c2ccccc2)C(=O)Nc2cccc(SC(C)C(=O)Nc3cccc4c3C(=O)c3ccccc3C4=O)c2)c1OC. The van der Waals surface area contributed by atoms with Crippen molar-refractivity contribution in [2.45, 2.75) is 17.1 Å². The third-order valence-corrected chi connectivity index (χ3v) is 9.34. The standard InChI is InChI=1S/C41H33N3O7S/c1-24(39(47)43-32-20-11-19-31-35(32)37(46)30-18-8-7-17-29(30)36(31)45)52-28-16-10-15-27(23-28)42-41(49)33(44-40(48)25-12-5-4-6-13-25)22-26-14-9-21-34(50-2)38(26)51-3/h4-24H,1-3H3,(H,42,49)(H,43,47)(H,44,48)/b33-22+. The Labute approximate surface area is 304 Å². The van der Waals surface area contributed by atoms with Gasteiger partial charge in [-0.15, -0.1) is 11.8 Å². The number of rotatable bonds is 11. The van der Waals surface area contributed by atoms with Gasteiger partial charge in [0.2, 0.25) is 5.91 Å². The van der Waals surface area contributed by atoms with Crippen molar-refractivity contribution in [1.82, 2.24) is 5.32 Å². The van der Waals surface area contributed by atoms with Gasteiger partial charge in [0.25, 0.3) is 11.8 Å². The number of benzene rings is 5. The van der Waals surface area contributed by atoms with E-state index in [1.165, 1.54) is 32.1 Å². The van der Waals surface area contributed by atoms with Gasteiger partial charge in [-0.05, 0) is 55.5 Å². The number of fused-ring (bicyclic) bond motifs is 2. The molecule has 0 heterocycles. The maximum Gasteiger partial charge on any atom is 0.272 e. The van der Waals surface area contributed by atoms with Crippen LogP contribution in [0.3, 0.4) is 0 Å². The highest BCUT2D eigenvalue weighted by atomic mass is 32.2. The summed E-state index contributed by atoms with van der Waals surface area (Å²) >= 11 is 1.24. The maximum atomic E-state index is 13.7. The molecule has 1 aliphatic carbocycles. The van der Waals surface area contributed by atoms with E-state index in [1.807, 2.05) is 0 Å². The fraction of sp³-hybridized carbons (Fsp3) is 0.0976. The van der Waals surface area contributed by atoms with E-state index >= 15 is 0 Å². The lowest BCUT2D eigenvalue weighted by molar-refractivity contribution is -0.115. The number of carbonyl (C=O) groups excluding carboxylic acids is 5. The second kappa shape index (κ2) is 15.6. The molecular formula is C41H33N3O7S. The number of hydrogen-bond acceptors (Lipinski definition) is 8. The lowest BCUT2D eigenvalue weighted by Crippen LogP contribution is -2.30. The van der Waals surface area contributed by atoms with E-state index in [0.717, 1.165) is 0 Å². The van der Waals surface area contributed by atoms with Gasteiger partial charge < -0.3 is 25.4 Å². The van der Waals surface area contributed by atoms with Gasteiger partial charge in [0.05, 0.1) is 30.7 Å². The summed E-state index contributed by atoms with van der Waals surface area (Å²) in [5.41, 5.74) is 2.52. The highest BCUT2D eigenvalue weighted by Crippen LogP contribution is 2.34. The van der Waals surface area contributed by atoms with E-state index in [-0.39, 0.29) is 40.0 Å². The van der Waals surface area contributed by atoms with E-state index in [2.05, 4.69) is 16.0 Å². The van der Waals surface area contributed by atoms with Gasteiger partial charge >= 0.3 is 0 Å². The maximum absolute atomic E-state index is 13.7. The Morgan fingerprint density at radius 2 is 1.38 bits per heavy atom. The number of ketones is 2. The van der Waals surface area contributed by atoms with Crippen LogP contribution in [0.4, 0.5) is 11.4 Å². The molecule has 3 amide bonds. The minimum atomic E-state index is -0.635. The van der Waals surface area contributed by atoms with Crippen molar-refractivity contribution in [3.8, 4) is 11.5 Å². The summed E-state index contributed by atoms with van der Waals surface area (Å²) in [6, 6.07) is 32.1. The molecule has 0 fully saturated rings. The van der Waals surface area contributed by atoms with Crippen molar-refractivity contribution in [2.75, 3.05) is 24.9 Å². The smallest absolute Gasteiger partial charge is 0.272 e. The minimum absolute atomic E-state index is 0.0481. The first-order valence-electron chi connectivity index (χ1n) is 16.2. The second-order valence-electron chi connectivity index (χ2n) is 11.6. The van der Waals surface area contributed by atoms with E-state index in [0.29, 0.717) is 44.3 Å². The molecule has 0 saturated carbocycles. The third kappa shape index (κ3) is 7.49.